The summed E-state index contributed by atoms with van der Waals surface area (Å²) in [5, 5.41) is 0.468. The molecule has 1 aliphatic heterocycles. The lowest BCUT2D eigenvalue weighted by Crippen LogP contribution is -2.30. The maximum Gasteiger partial charge on any atom is 0.282 e. The summed E-state index contributed by atoms with van der Waals surface area (Å²) < 4.78 is 15.2. The van der Waals surface area contributed by atoms with Crippen molar-refractivity contribution in [2.45, 2.75) is 51.7 Å². The molecule has 0 bridgehead atoms. The fourth-order valence-corrected chi connectivity index (χ4v) is 3.75. The summed E-state index contributed by atoms with van der Waals surface area (Å²) in [6.45, 7) is 7.87. The number of carbonyl (C=O) groups excluding carboxylic acids is 1. The van der Waals surface area contributed by atoms with E-state index in [-0.39, 0.29) is 17.4 Å². The molecule has 1 aromatic heterocycles. The second-order valence-corrected chi connectivity index (χ2v) is 8.58. The molecule has 0 spiro atoms. The zero-order valence-electron chi connectivity index (χ0n) is 17.2. The number of halogens is 1. The van der Waals surface area contributed by atoms with Gasteiger partial charge in [0.25, 0.3) is 5.91 Å². The van der Waals surface area contributed by atoms with Gasteiger partial charge in [0.1, 0.15) is 5.75 Å². The molecule has 0 N–H and O–H groups in total. The van der Waals surface area contributed by atoms with Gasteiger partial charge in [0.15, 0.2) is 5.49 Å². The minimum absolute atomic E-state index is 0.0857. The molecule has 152 valence electrons. The molecule has 3 rings (SSSR count). The summed E-state index contributed by atoms with van der Waals surface area (Å²) in [7, 11) is 3.52. The van der Waals surface area contributed by atoms with E-state index in [0.717, 1.165) is 25.1 Å². The topological polar surface area (TPSA) is 57.8 Å². The highest BCUT2D eigenvalue weighted by Crippen LogP contribution is 2.24. The van der Waals surface area contributed by atoms with Gasteiger partial charge in [-0.2, -0.15) is 4.99 Å². The molecule has 2 heterocycles. The predicted octanol–water partition coefficient (Wildman–Crippen LogP) is 3.71. The zero-order valence-corrected chi connectivity index (χ0v) is 17.9. The first-order valence-corrected chi connectivity index (χ1v) is 9.90. The fraction of sp³-hybridized carbons (Fsp3) is 0.524. The second kappa shape index (κ2) is 8.13. The van der Waals surface area contributed by atoms with Gasteiger partial charge in [-0.15, -0.1) is 0 Å². The lowest BCUT2D eigenvalue weighted by molar-refractivity contribution is 0.0885. The Hall–Kier alpha value is -2.05. The van der Waals surface area contributed by atoms with Gasteiger partial charge in [-0.25, -0.2) is 0 Å². The van der Waals surface area contributed by atoms with Crippen molar-refractivity contribution in [2.24, 2.45) is 12.0 Å². The number of benzene rings is 1. The van der Waals surface area contributed by atoms with Crippen LogP contribution in [-0.2, 0) is 23.7 Å². The Morgan fingerprint density at radius 3 is 2.71 bits per heavy atom. The highest BCUT2D eigenvalue weighted by molar-refractivity contribution is 6.31. The summed E-state index contributed by atoms with van der Waals surface area (Å²) in [6, 6.07) is 6.93. The molecule has 1 fully saturated rings. The molecule has 1 aromatic carbocycles. The molecule has 7 heteroatoms. The van der Waals surface area contributed by atoms with E-state index in [4.69, 9.17) is 21.1 Å². The van der Waals surface area contributed by atoms with Crippen LogP contribution < -0.4 is 10.2 Å². The Bertz CT molecular complexity index is 931. The molecule has 2 aromatic rings. The first-order chi connectivity index (χ1) is 13.2. The van der Waals surface area contributed by atoms with Gasteiger partial charge in [-0.3, -0.25) is 14.2 Å². The highest BCUT2D eigenvalue weighted by Gasteiger charge is 2.24. The quantitative estimate of drug-likeness (QED) is 0.779. The van der Waals surface area contributed by atoms with E-state index in [1.54, 1.807) is 18.2 Å². The minimum atomic E-state index is -0.383. The Morgan fingerprint density at radius 2 is 2.11 bits per heavy atom. The molecule has 6 nitrogen and oxygen atoms in total. The Balaban J connectivity index is 2.08. The Morgan fingerprint density at radius 1 is 1.36 bits per heavy atom. The lowest BCUT2D eigenvalue weighted by atomic mass is 9.92. The number of hydrogen-bond donors (Lipinski definition) is 0. The zero-order chi connectivity index (χ0) is 20.5. The molecule has 0 aliphatic carbocycles. The van der Waals surface area contributed by atoms with Crippen molar-refractivity contribution < 1.29 is 14.3 Å². The molecule has 1 atom stereocenters. The third kappa shape index (κ3) is 4.33. The first-order valence-electron chi connectivity index (χ1n) is 9.52. The number of carbonyl (C=O) groups is 1. The normalized spacial score (nSPS) is 17.9. The van der Waals surface area contributed by atoms with Crippen LogP contribution in [0, 0.1) is 0 Å². The SMILES string of the molecule is COc1ccc(Cl)cc1C(=O)/N=c1\cc(C(C)(C)C)n(C)n1C[C@H]1CCCO1. The van der Waals surface area contributed by atoms with E-state index in [0.29, 0.717) is 28.4 Å². The largest absolute Gasteiger partial charge is 0.496 e. The third-order valence-corrected chi connectivity index (χ3v) is 5.25. The van der Waals surface area contributed by atoms with Crippen molar-refractivity contribution in [3.05, 3.63) is 46.0 Å². The van der Waals surface area contributed by atoms with Gasteiger partial charge in [-0.1, -0.05) is 32.4 Å². The van der Waals surface area contributed by atoms with Gasteiger partial charge < -0.3 is 9.47 Å². The molecule has 0 radical (unpaired) electrons. The number of aromatic nitrogens is 2. The smallest absolute Gasteiger partial charge is 0.282 e. The van der Waals surface area contributed by atoms with E-state index in [1.165, 1.54) is 7.11 Å². The van der Waals surface area contributed by atoms with Crippen LogP contribution in [-0.4, -0.2) is 35.1 Å². The minimum Gasteiger partial charge on any atom is -0.496 e. The van der Waals surface area contributed by atoms with E-state index < -0.39 is 0 Å². The van der Waals surface area contributed by atoms with Crippen LogP contribution in [0.15, 0.2) is 29.3 Å². The molecule has 0 unspecified atom stereocenters. The predicted molar refractivity (Wildman–Crippen MR) is 109 cm³/mol. The van der Waals surface area contributed by atoms with Crippen LogP contribution >= 0.6 is 11.6 Å². The van der Waals surface area contributed by atoms with E-state index >= 15 is 0 Å². The number of amides is 1. The summed E-state index contributed by atoms with van der Waals surface area (Å²) in [6.07, 6.45) is 2.21. The van der Waals surface area contributed by atoms with Crippen molar-refractivity contribution in [3.63, 3.8) is 0 Å². The second-order valence-electron chi connectivity index (χ2n) is 8.14. The van der Waals surface area contributed by atoms with Crippen molar-refractivity contribution in [1.29, 1.82) is 0 Å². The molecule has 1 amide bonds. The van der Waals surface area contributed by atoms with Crippen molar-refractivity contribution in [1.82, 2.24) is 9.36 Å². The standard InChI is InChI=1S/C21H28ClN3O3/c1-21(2,3)18-12-19(25(24(18)4)13-15-7-6-10-28-15)23-20(26)16-11-14(22)8-9-17(16)27-5/h8-9,11-12,15H,6-7,10,13H2,1-5H3/b23-19+/t15-/m1/s1. The van der Waals surface area contributed by atoms with Crippen molar-refractivity contribution >= 4 is 17.5 Å². The Kier molecular flexibility index (Phi) is 6.01. The van der Waals surface area contributed by atoms with E-state index in [1.807, 2.05) is 17.8 Å². The third-order valence-electron chi connectivity index (χ3n) is 5.02. The first kappa shape index (κ1) is 20.7. The summed E-state index contributed by atoms with van der Waals surface area (Å²) >= 11 is 6.08. The maximum atomic E-state index is 12.9. The van der Waals surface area contributed by atoms with Crippen LogP contribution in [0.2, 0.25) is 5.02 Å². The number of hydrogen-bond acceptors (Lipinski definition) is 3. The van der Waals surface area contributed by atoms with Gasteiger partial charge in [0, 0.05) is 35.9 Å². The van der Waals surface area contributed by atoms with E-state index in [9.17, 15) is 4.79 Å². The monoisotopic (exact) mass is 405 g/mol. The molecular formula is C21H28ClN3O3. The Labute approximate surface area is 170 Å². The molecule has 28 heavy (non-hydrogen) atoms. The maximum absolute atomic E-state index is 12.9. The molecule has 1 aliphatic rings. The molecule has 1 saturated heterocycles. The van der Waals surface area contributed by atoms with Gasteiger partial charge in [0.2, 0.25) is 0 Å². The average Bonchev–Trinajstić information content (AvgIpc) is 3.24. The number of methoxy groups -OCH3 is 1. The molecular weight excluding hydrogens is 378 g/mol. The number of ether oxygens (including phenoxy) is 2. The summed E-state index contributed by atoms with van der Waals surface area (Å²) in [5.41, 5.74) is 1.96. The van der Waals surface area contributed by atoms with Crippen LogP contribution in [0.4, 0.5) is 0 Å². The van der Waals surface area contributed by atoms with Crippen LogP contribution in [0.3, 0.4) is 0 Å². The van der Waals surface area contributed by atoms with Gasteiger partial charge in [-0.05, 0) is 31.0 Å². The van der Waals surface area contributed by atoms with Gasteiger partial charge in [0.05, 0.1) is 25.3 Å². The number of nitrogens with zero attached hydrogens (tertiary/aromatic N) is 3. The number of rotatable bonds is 4. The van der Waals surface area contributed by atoms with Gasteiger partial charge >= 0.3 is 0 Å². The van der Waals surface area contributed by atoms with E-state index in [2.05, 4.69) is 30.4 Å². The lowest BCUT2D eigenvalue weighted by Gasteiger charge is -2.21. The summed E-state index contributed by atoms with van der Waals surface area (Å²) in [5.74, 6) is 0.0716. The van der Waals surface area contributed by atoms with Crippen LogP contribution in [0.1, 0.15) is 49.7 Å². The summed E-state index contributed by atoms with van der Waals surface area (Å²) in [4.78, 5) is 17.4. The van der Waals surface area contributed by atoms with Crippen molar-refractivity contribution in [3.8, 4) is 5.75 Å². The fourth-order valence-electron chi connectivity index (χ4n) is 3.57. The van der Waals surface area contributed by atoms with Crippen LogP contribution in [0.5, 0.6) is 5.75 Å². The highest BCUT2D eigenvalue weighted by atomic mass is 35.5. The van der Waals surface area contributed by atoms with Crippen molar-refractivity contribution in [2.75, 3.05) is 13.7 Å². The average molecular weight is 406 g/mol. The molecule has 0 saturated carbocycles. The van der Waals surface area contributed by atoms with Crippen LogP contribution in [0.25, 0.3) is 0 Å².